The molecule has 0 atom stereocenters. The van der Waals surface area contributed by atoms with E-state index in [1.54, 1.807) is 12.3 Å². The fraction of sp³-hybridized carbons (Fsp3) is 0.238. The highest BCUT2D eigenvalue weighted by Crippen LogP contribution is 2.31. The van der Waals surface area contributed by atoms with Gasteiger partial charge in [-0.05, 0) is 35.6 Å². The number of nitrogens with zero attached hydrogens (tertiary/aromatic N) is 1. The first-order valence-electron chi connectivity index (χ1n) is 8.97. The second-order valence-electron chi connectivity index (χ2n) is 6.99. The number of aromatic nitrogens is 1. The predicted molar refractivity (Wildman–Crippen MR) is 105 cm³/mol. The summed E-state index contributed by atoms with van der Waals surface area (Å²) in [5, 5.41) is 7.58. The summed E-state index contributed by atoms with van der Waals surface area (Å²) in [5.74, 6) is 0.146. The Bertz CT molecular complexity index is 1010. The van der Waals surface area contributed by atoms with Crippen LogP contribution in [0.15, 0.2) is 42.6 Å². The third kappa shape index (κ3) is 3.24. The molecule has 2 aromatic carbocycles. The van der Waals surface area contributed by atoms with Gasteiger partial charge < -0.3 is 16.4 Å². The van der Waals surface area contributed by atoms with Crippen molar-refractivity contribution in [3.63, 3.8) is 0 Å². The van der Waals surface area contributed by atoms with Crippen LogP contribution in [-0.4, -0.2) is 30.5 Å². The van der Waals surface area contributed by atoms with Gasteiger partial charge in [-0.1, -0.05) is 24.3 Å². The molecule has 1 aliphatic heterocycles. The molecule has 0 radical (unpaired) electrons. The summed E-state index contributed by atoms with van der Waals surface area (Å²) in [6.45, 7) is 4.30. The summed E-state index contributed by atoms with van der Waals surface area (Å²) in [7, 11) is 0. The van der Waals surface area contributed by atoms with Crippen LogP contribution < -0.4 is 16.4 Å². The average molecular weight is 364 g/mol. The van der Waals surface area contributed by atoms with Crippen LogP contribution in [0, 0.1) is 18.7 Å². The Balaban J connectivity index is 1.73. The van der Waals surface area contributed by atoms with E-state index in [4.69, 9.17) is 5.73 Å². The number of fused-ring (bicyclic) bond motifs is 1. The Kier molecular flexibility index (Phi) is 4.49. The number of nitrogen functional groups attached to an aromatic ring is 1. The molecule has 27 heavy (non-hydrogen) atoms. The Morgan fingerprint density at radius 2 is 2.15 bits per heavy atom. The molecule has 1 aliphatic rings. The number of aryl methyl sites for hydroxylation is 1. The standard InChI is InChI=1S/C21H21FN4O/c1-12-3-2-4-17(22)18(12)14-5-6-16-15(7-14)11-25-20(23)19(16)21(27)26-10-13-8-24-9-13/h2-7,11,13,24H,8-10H2,1H3,(H2,23,25)(H,26,27). The average Bonchev–Trinajstić information content (AvgIpc) is 2.60. The monoisotopic (exact) mass is 364 g/mol. The number of pyridine rings is 1. The minimum Gasteiger partial charge on any atom is -0.383 e. The number of benzene rings is 2. The molecule has 0 unspecified atom stereocenters. The summed E-state index contributed by atoms with van der Waals surface area (Å²) in [5.41, 5.74) is 8.52. The molecule has 4 N–H and O–H groups in total. The maximum atomic E-state index is 14.3. The van der Waals surface area contributed by atoms with Crippen molar-refractivity contribution in [1.29, 1.82) is 0 Å². The van der Waals surface area contributed by atoms with Crippen molar-refractivity contribution in [1.82, 2.24) is 15.6 Å². The number of nitrogens with two attached hydrogens (primary N) is 1. The van der Waals surface area contributed by atoms with Crippen LogP contribution >= 0.6 is 0 Å². The first-order chi connectivity index (χ1) is 13.0. The van der Waals surface area contributed by atoms with Gasteiger partial charge in [0.15, 0.2) is 0 Å². The van der Waals surface area contributed by atoms with Crippen LogP contribution in [0.3, 0.4) is 0 Å². The fourth-order valence-corrected chi connectivity index (χ4v) is 3.45. The lowest BCUT2D eigenvalue weighted by atomic mass is 9.96. The number of hydrogen-bond donors (Lipinski definition) is 3. The van der Waals surface area contributed by atoms with Crippen molar-refractivity contribution in [3.8, 4) is 11.1 Å². The minimum atomic E-state index is -0.273. The Morgan fingerprint density at radius 3 is 2.85 bits per heavy atom. The van der Waals surface area contributed by atoms with Crippen LogP contribution in [-0.2, 0) is 0 Å². The van der Waals surface area contributed by atoms with E-state index in [0.717, 1.165) is 29.6 Å². The number of rotatable bonds is 4. The molecule has 2 heterocycles. The molecule has 3 aromatic rings. The lowest BCUT2D eigenvalue weighted by Crippen LogP contribution is -2.48. The van der Waals surface area contributed by atoms with E-state index in [0.29, 0.717) is 29.0 Å². The minimum absolute atomic E-state index is 0.196. The zero-order chi connectivity index (χ0) is 19.0. The number of nitrogens with one attached hydrogen (secondary N) is 2. The molecular formula is C21H21FN4O. The zero-order valence-corrected chi connectivity index (χ0v) is 15.1. The molecule has 0 saturated carbocycles. The Labute approximate surface area is 156 Å². The molecule has 1 fully saturated rings. The zero-order valence-electron chi connectivity index (χ0n) is 15.1. The molecule has 1 saturated heterocycles. The van der Waals surface area contributed by atoms with Crippen molar-refractivity contribution in [3.05, 3.63) is 59.5 Å². The third-order valence-corrected chi connectivity index (χ3v) is 5.07. The van der Waals surface area contributed by atoms with E-state index < -0.39 is 0 Å². The lowest BCUT2D eigenvalue weighted by Gasteiger charge is -2.27. The smallest absolute Gasteiger partial charge is 0.255 e. The summed E-state index contributed by atoms with van der Waals surface area (Å²) in [4.78, 5) is 16.9. The summed E-state index contributed by atoms with van der Waals surface area (Å²) < 4.78 is 14.3. The van der Waals surface area contributed by atoms with Crippen LogP contribution in [0.1, 0.15) is 15.9 Å². The number of carbonyl (C=O) groups is 1. The second kappa shape index (κ2) is 6.96. The molecule has 0 bridgehead atoms. The molecule has 1 amide bonds. The molecule has 6 heteroatoms. The molecule has 138 valence electrons. The van der Waals surface area contributed by atoms with Crippen molar-refractivity contribution in [2.24, 2.45) is 5.92 Å². The maximum absolute atomic E-state index is 14.3. The van der Waals surface area contributed by atoms with E-state index in [9.17, 15) is 9.18 Å². The largest absolute Gasteiger partial charge is 0.383 e. The predicted octanol–water partition coefficient (Wildman–Crippen LogP) is 2.88. The quantitative estimate of drug-likeness (QED) is 0.665. The number of halogens is 1. The Hall–Kier alpha value is -2.99. The molecule has 0 spiro atoms. The van der Waals surface area contributed by atoms with Crippen molar-refractivity contribution >= 4 is 22.5 Å². The fourth-order valence-electron chi connectivity index (χ4n) is 3.45. The van der Waals surface area contributed by atoms with Crippen molar-refractivity contribution < 1.29 is 9.18 Å². The summed E-state index contributed by atoms with van der Waals surface area (Å²) >= 11 is 0. The van der Waals surface area contributed by atoms with Crippen molar-refractivity contribution in [2.45, 2.75) is 6.92 Å². The molecule has 0 aliphatic carbocycles. The molecule has 5 nitrogen and oxygen atoms in total. The van der Waals surface area contributed by atoms with E-state index in [2.05, 4.69) is 15.6 Å². The number of amides is 1. The lowest BCUT2D eigenvalue weighted by molar-refractivity contribution is 0.0944. The number of anilines is 1. The highest BCUT2D eigenvalue weighted by Gasteiger charge is 2.20. The van der Waals surface area contributed by atoms with Crippen LogP contribution in [0.25, 0.3) is 21.9 Å². The van der Waals surface area contributed by atoms with Gasteiger partial charge >= 0.3 is 0 Å². The van der Waals surface area contributed by atoms with Gasteiger partial charge in [0, 0.05) is 42.7 Å². The number of carbonyl (C=O) groups excluding carboxylic acids is 1. The first-order valence-corrected chi connectivity index (χ1v) is 8.97. The van der Waals surface area contributed by atoms with E-state index in [1.165, 1.54) is 6.07 Å². The van der Waals surface area contributed by atoms with Crippen LogP contribution in [0.2, 0.25) is 0 Å². The molecule has 1 aromatic heterocycles. The van der Waals surface area contributed by atoms with E-state index in [1.807, 2.05) is 31.2 Å². The van der Waals surface area contributed by atoms with Gasteiger partial charge in [0.05, 0.1) is 5.56 Å². The normalized spacial score (nSPS) is 14.1. The third-order valence-electron chi connectivity index (χ3n) is 5.07. The second-order valence-corrected chi connectivity index (χ2v) is 6.99. The highest BCUT2D eigenvalue weighted by molar-refractivity contribution is 6.11. The topological polar surface area (TPSA) is 80.0 Å². The van der Waals surface area contributed by atoms with E-state index in [-0.39, 0.29) is 17.5 Å². The van der Waals surface area contributed by atoms with Crippen molar-refractivity contribution in [2.75, 3.05) is 25.4 Å². The molecule has 4 rings (SSSR count). The summed E-state index contributed by atoms with van der Waals surface area (Å²) in [6, 6.07) is 10.5. The van der Waals surface area contributed by atoms with Gasteiger partial charge in [0.2, 0.25) is 0 Å². The highest BCUT2D eigenvalue weighted by atomic mass is 19.1. The summed E-state index contributed by atoms with van der Waals surface area (Å²) in [6.07, 6.45) is 1.62. The van der Waals surface area contributed by atoms with Gasteiger partial charge in [0.1, 0.15) is 11.6 Å². The van der Waals surface area contributed by atoms with E-state index >= 15 is 0 Å². The van der Waals surface area contributed by atoms with Gasteiger partial charge in [-0.2, -0.15) is 0 Å². The van der Waals surface area contributed by atoms with Crippen LogP contribution in [0.5, 0.6) is 0 Å². The Morgan fingerprint density at radius 1 is 1.33 bits per heavy atom. The first kappa shape index (κ1) is 17.4. The van der Waals surface area contributed by atoms with Gasteiger partial charge in [-0.3, -0.25) is 4.79 Å². The van der Waals surface area contributed by atoms with Gasteiger partial charge in [-0.15, -0.1) is 0 Å². The van der Waals surface area contributed by atoms with Gasteiger partial charge in [0.25, 0.3) is 5.91 Å². The molecular weight excluding hydrogens is 343 g/mol. The SMILES string of the molecule is Cc1cccc(F)c1-c1ccc2c(C(=O)NCC3CNC3)c(N)ncc2c1. The number of hydrogen-bond acceptors (Lipinski definition) is 4. The van der Waals surface area contributed by atoms with Crippen LogP contribution in [0.4, 0.5) is 10.2 Å². The maximum Gasteiger partial charge on any atom is 0.255 e. The van der Waals surface area contributed by atoms with Gasteiger partial charge in [-0.25, -0.2) is 9.37 Å².